The number of aliphatic hydroxyl groups excluding tert-OH is 1. The van der Waals surface area contributed by atoms with Crippen molar-refractivity contribution in [2.75, 3.05) is 13.2 Å². The summed E-state index contributed by atoms with van der Waals surface area (Å²) in [5, 5.41) is 9.04. The van der Waals surface area contributed by atoms with Gasteiger partial charge in [0.1, 0.15) is 0 Å². The smallest absolute Gasteiger partial charge is 0.264 e. The summed E-state index contributed by atoms with van der Waals surface area (Å²) in [5.74, 6) is 0.126. The van der Waals surface area contributed by atoms with Gasteiger partial charge in [-0.25, -0.2) is 0 Å². The number of aryl methyl sites for hydroxylation is 2. The maximum atomic E-state index is 12.3. The molecule has 1 heterocycles. The Morgan fingerprint density at radius 1 is 1.47 bits per heavy atom. The Hall–Kier alpha value is -0.870. The van der Waals surface area contributed by atoms with Gasteiger partial charge in [0.15, 0.2) is 0 Å². The minimum atomic E-state index is 0.0628. The predicted octanol–water partition coefficient (Wildman–Crippen LogP) is 1.83. The number of carbonyl (C=O) groups excluding carboxylic acids is 1. The first-order chi connectivity index (χ1) is 8.29. The van der Waals surface area contributed by atoms with E-state index in [-0.39, 0.29) is 12.5 Å². The third-order valence-corrected chi connectivity index (χ3v) is 4.77. The molecule has 1 aromatic heterocycles. The first-order valence-corrected chi connectivity index (χ1v) is 7.14. The highest BCUT2D eigenvalue weighted by molar-refractivity contribution is 7.14. The van der Waals surface area contributed by atoms with Gasteiger partial charge in [0, 0.05) is 17.5 Å². The number of hydrogen-bond acceptors (Lipinski definition) is 3. The molecule has 2 aliphatic rings. The maximum absolute atomic E-state index is 12.3. The van der Waals surface area contributed by atoms with Gasteiger partial charge in [-0.1, -0.05) is 0 Å². The standard InChI is InChI=1S/C13H17NO2S/c15-7-6-14(10-4-5-10)13(16)12-8-9-2-1-3-11(9)17-12/h8,10,15H,1-7H2. The van der Waals surface area contributed by atoms with Crippen LogP contribution in [0.5, 0.6) is 0 Å². The summed E-state index contributed by atoms with van der Waals surface area (Å²) in [6.07, 6.45) is 5.69. The van der Waals surface area contributed by atoms with E-state index in [0.717, 1.165) is 30.6 Å². The third kappa shape index (κ3) is 2.11. The van der Waals surface area contributed by atoms with Gasteiger partial charge in [-0.05, 0) is 43.7 Å². The summed E-state index contributed by atoms with van der Waals surface area (Å²) in [4.78, 5) is 16.5. The van der Waals surface area contributed by atoms with Crippen LogP contribution in [0, 0.1) is 0 Å². The van der Waals surface area contributed by atoms with Crippen LogP contribution in [-0.4, -0.2) is 35.1 Å². The molecule has 0 aromatic carbocycles. The molecule has 0 spiro atoms. The van der Waals surface area contributed by atoms with Crippen molar-refractivity contribution in [2.24, 2.45) is 0 Å². The number of nitrogens with zero attached hydrogens (tertiary/aromatic N) is 1. The van der Waals surface area contributed by atoms with Gasteiger partial charge in [-0.3, -0.25) is 4.79 Å². The van der Waals surface area contributed by atoms with E-state index in [0.29, 0.717) is 12.6 Å². The van der Waals surface area contributed by atoms with Gasteiger partial charge in [-0.15, -0.1) is 11.3 Å². The van der Waals surface area contributed by atoms with E-state index in [1.54, 1.807) is 11.3 Å². The third-order valence-electron chi connectivity index (χ3n) is 3.55. The SMILES string of the molecule is O=C(c1cc2c(s1)CCC2)N(CCO)C1CC1. The predicted molar refractivity (Wildman–Crippen MR) is 67.5 cm³/mol. The summed E-state index contributed by atoms with van der Waals surface area (Å²) in [6.45, 7) is 0.541. The molecule has 17 heavy (non-hydrogen) atoms. The average molecular weight is 251 g/mol. The lowest BCUT2D eigenvalue weighted by Gasteiger charge is -2.20. The average Bonchev–Trinajstić information content (AvgIpc) is 2.91. The normalized spacial score (nSPS) is 18.2. The Morgan fingerprint density at radius 2 is 2.29 bits per heavy atom. The molecule has 0 bridgehead atoms. The van der Waals surface area contributed by atoms with Crippen molar-refractivity contribution in [3.8, 4) is 0 Å². The van der Waals surface area contributed by atoms with E-state index in [4.69, 9.17) is 5.11 Å². The van der Waals surface area contributed by atoms with Gasteiger partial charge < -0.3 is 10.0 Å². The highest BCUT2D eigenvalue weighted by Crippen LogP contribution is 2.33. The van der Waals surface area contributed by atoms with Crippen LogP contribution in [0.15, 0.2) is 6.07 Å². The van der Waals surface area contributed by atoms with Crippen LogP contribution < -0.4 is 0 Å². The lowest BCUT2D eigenvalue weighted by molar-refractivity contribution is 0.0712. The van der Waals surface area contributed by atoms with Gasteiger partial charge in [0.2, 0.25) is 0 Å². The first-order valence-electron chi connectivity index (χ1n) is 6.33. The first kappa shape index (κ1) is 11.2. The van der Waals surface area contributed by atoms with E-state index in [1.807, 2.05) is 4.90 Å². The van der Waals surface area contributed by atoms with Crippen molar-refractivity contribution >= 4 is 17.2 Å². The zero-order chi connectivity index (χ0) is 11.8. The molecule has 0 aliphatic heterocycles. The number of hydrogen-bond donors (Lipinski definition) is 1. The Kier molecular flexibility index (Phi) is 2.92. The number of rotatable bonds is 4. The second-order valence-electron chi connectivity index (χ2n) is 4.87. The van der Waals surface area contributed by atoms with E-state index >= 15 is 0 Å². The Balaban J connectivity index is 1.79. The lowest BCUT2D eigenvalue weighted by atomic mass is 10.2. The fourth-order valence-electron chi connectivity index (χ4n) is 2.52. The second-order valence-corrected chi connectivity index (χ2v) is 6.00. The maximum Gasteiger partial charge on any atom is 0.264 e. The van der Waals surface area contributed by atoms with Gasteiger partial charge >= 0.3 is 0 Å². The number of carbonyl (C=O) groups is 1. The molecule has 1 amide bonds. The molecular formula is C13H17NO2S. The molecule has 0 unspecified atom stereocenters. The number of amides is 1. The molecule has 92 valence electrons. The van der Waals surface area contributed by atoms with Crippen molar-refractivity contribution < 1.29 is 9.90 Å². The molecule has 0 radical (unpaired) electrons. The highest BCUT2D eigenvalue weighted by Gasteiger charge is 2.33. The van der Waals surface area contributed by atoms with E-state index in [2.05, 4.69) is 6.07 Å². The molecule has 3 nitrogen and oxygen atoms in total. The summed E-state index contributed by atoms with van der Waals surface area (Å²) < 4.78 is 0. The minimum Gasteiger partial charge on any atom is -0.395 e. The zero-order valence-electron chi connectivity index (χ0n) is 9.82. The molecule has 1 fully saturated rings. The van der Waals surface area contributed by atoms with Crippen molar-refractivity contribution in [2.45, 2.75) is 38.1 Å². The van der Waals surface area contributed by atoms with Crippen LogP contribution in [0.2, 0.25) is 0 Å². The number of aliphatic hydroxyl groups is 1. The molecule has 4 heteroatoms. The van der Waals surface area contributed by atoms with Gasteiger partial charge in [0.05, 0.1) is 11.5 Å². The fourth-order valence-corrected chi connectivity index (χ4v) is 3.73. The minimum absolute atomic E-state index is 0.0628. The van der Waals surface area contributed by atoms with Gasteiger partial charge in [-0.2, -0.15) is 0 Å². The van der Waals surface area contributed by atoms with Crippen LogP contribution in [0.3, 0.4) is 0 Å². The van der Waals surface area contributed by atoms with Crippen molar-refractivity contribution in [3.63, 3.8) is 0 Å². The molecular weight excluding hydrogens is 234 g/mol. The second kappa shape index (κ2) is 4.42. The Labute approximate surface area is 105 Å². The molecule has 3 rings (SSSR count). The number of fused-ring (bicyclic) bond motifs is 1. The largest absolute Gasteiger partial charge is 0.395 e. The Morgan fingerprint density at radius 3 is 2.94 bits per heavy atom. The van der Waals surface area contributed by atoms with E-state index < -0.39 is 0 Å². The summed E-state index contributed by atoms with van der Waals surface area (Å²) in [7, 11) is 0. The quantitative estimate of drug-likeness (QED) is 0.887. The summed E-state index contributed by atoms with van der Waals surface area (Å²) in [5.41, 5.74) is 1.37. The molecule has 0 atom stereocenters. The summed E-state index contributed by atoms with van der Waals surface area (Å²) in [6, 6.07) is 2.45. The topological polar surface area (TPSA) is 40.5 Å². The molecule has 0 saturated heterocycles. The van der Waals surface area contributed by atoms with Crippen molar-refractivity contribution in [1.82, 2.24) is 4.90 Å². The molecule has 1 aromatic rings. The van der Waals surface area contributed by atoms with Crippen molar-refractivity contribution in [1.29, 1.82) is 0 Å². The van der Waals surface area contributed by atoms with Crippen LogP contribution in [0.4, 0.5) is 0 Å². The fraction of sp³-hybridized carbons (Fsp3) is 0.615. The molecule has 2 aliphatic carbocycles. The lowest BCUT2D eigenvalue weighted by Crippen LogP contribution is -2.35. The zero-order valence-corrected chi connectivity index (χ0v) is 10.6. The van der Waals surface area contributed by atoms with Crippen LogP contribution in [0.1, 0.15) is 39.4 Å². The molecule has 1 saturated carbocycles. The van der Waals surface area contributed by atoms with Crippen LogP contribution in [-0.2, 0) is 12.8 Å². The highest BCUT2D eigenvalue weighted by atomic mass is 32.1. The monoisotopic (exact) mass is 251 g/mol. The number of thiophene rings is 1. The van der Waals surface area contributed by atoms with E-state index in [1.165, 1.54) is 16.9 Å². The van der Waals surface area contributed by atoms with E-state index in [9.17, 15) is 4.79 Å². The van der Waals surface area contributed by atoms with Crippen molar-refractivity contribution in [3.05, 3.63) is 21.4 Å². The van der Waals surface area contributed by atoms with Crippen LogP contribution in [0.25, 0.3) is 0 Å². The molecule has 1 N–H and O–H groups in total. The Bertz CT molecular complexity index is 415. The van der Waals surface area contributed by atoms with Crippen LogP contribution >= 0.6 is 11.3 Å². The van der Waals surface area contributed by atoms with Gasteiger partial charge in [0.25, 0.3) is 5.91 Å². The summed E-state index contributed by atoms with van der Waals surface area (Å²) >= 11 is 1.66.